The maximum Gasteiger partial charge on any atom is 0.312 e. The van der Waals surface area contributed by atoms with Crippen LogP contribution in [0, 0.1) is 0 Å². The summed E-state index contributed by atoms with van der Waals surface area (Å²) in [7, 11) is 0. The van der Waals surface area contributed by atoms with Gasteiger partial charge in [0.1, 0.15) is 0 Å². The molecule has 0 aliphatic rings. The molecule has 6 heteroatoms. The first-order valence-corrected chi connectivity index (χ1v) is 6.46. The molecule has 1 atom stereocenters. The summed E-state index contributed by atoms with van der Waals surface area (Å²) in [5.74, 6) is -1.50. The molecule has 110 valence electrons. The third-order valence-corrected chi connectivity index (χ3v) is 2.87. The van der Waals surface area contributed by atoms with E-state index in [2.05, 4.69) is 5.32 Å². The van der Waals surface area contributed by atoms with Crippen molar-refractivity contribution in [3.8, 4) is 0 Å². The minimum Gasteiger partial charge on any atom is -0.395 e. The summed E-state index contributed by atoms with van der Waals surface area (Å²) in [5.41, 5.74) is 0.893. The Morgan fingerprint density at radius 3 is 2.20 bits per heavy atom. The van der Waals surface area contributed by atoms with E-state index >= 15 is 0 Å². The monoisotopic (exact) mass is 280 g/mol. The summed E-state index contributed by atoms with van der Waals surface area (Å²) in [5, 5.41) is 20.3. The van der Waals surface area contributed by atoms with Crippen molar-refractivity contribution < 1.29 is 19.8 Å². The van der Waals surface area contributed by atoms with Crippen LogP contribution in [0.15, 0.2) is 30.3 Å². The molecule has 3 N–H and O–H groups in total. The Labute approximate surface area is 118 Å². The average Bonchev–Trinajstić information content (AvgIpc) is 2.47. The highest BCUT2D eigenvalue weighted by Crippen LogP contribution is 2.10. The van der Waals surface area contributed by atoms with Crippen LogP contribution in [0.2, 0.25) is 0 Å². The fourth-order valence-electron chi connectivity index (χ4n) is 1.78. The Hall–Kier alpha value is -1.92. The molecular formula is C14H20N2O4. The SMILES string of the molecule is CC(NC(=O)C(=O)N(CCO)CCO)c1ccccc1. The minimum atomic E-state index is -0.754. The van der Waals surface area contributed by atoms with Crippen LogP contribution < -0.4 is 5.32 Å². The molecule has 1 rings (SSSR count). The lowest BCUT2D eigenvalue weighted by Crippen LogP contribution is -2.45. The van der Waals surface area contributed by atoms with E-state index in [4.69, 9.17) is 10.2 Å². The van der Waals surface area contributed by atoms with Gasteiger partial charge in [-0.25, -0.2) is 0 Å². The van der Waals surface area contributed by atoms with Crippen LogP contribution in [-0.4, -0.2) is 53.2 Å². The van der Waals surface area contributed by atoms with Gasteiger partial charge in [-0.3, -0.25) is 9.59 Å². The summed E-state index contributed by atoms with van der Waals surface area (Å²) in [6, 6.07) is 8.99. The highest BCUT2D eigenvalue weighted by molar-refractivity contribution is 6.35. The summed E-state index contributed by atoms with van der Waals surface area (Å²) in [6.07, 6.45) is 0. The lowest BCUT2D eigenvalue weighted by molar-refractivity contribution is -0.146. The zero-order valence-corrected chi connectivity index (χ0v) is 11.5. The van der Waals surface area contributed by atoms with Crippen molar-refractivity contribution in [2.75, 3.05) is 26.3 Å². The third-order valence-electron chi connectivity index (χ3n) is 2.87. The number of hydrogen-bond acceptors (Lipinski definition) is 4. The molecular weight excluding hydrogens is 260 g/mol. The van der Waals surface area contributed by atoms with Crippen molar-refractivity contribution >= 4 is 11.8 Å². The van der Waals surface area contributed by atoms with Gasteiger partial charge >= 0.3 is 11.8 Å². The molecule has 20 heavy (non-hydrogen) atoms. The predicted octanol–water partition coefficient (Wildman–Crippen LogP) is -0.323. The van der Waals surface area contributed by atoms with Gasteiger partial charge in [-0.05, 0) is 12.5 Å². The predicted molar refractivity (Wildman–Crippen MR) is 73.8 cm³/mol. The molecule has 0 bridgehead atoms. The first-order valence-electron chi connectivity index (χ1n) is 6.46. The Bertz CT molecular complexity index is 430. The van der Waals surface area contributed by atoms with Gasteiger partial charge in [0.25, 0.3) is 0 Å². The largest absolute Gasteiger partial charge is 0.395 e. The van der Waals surface area contributed by atoms with E-state index in [1.165, 1.54) is 0 Å². The van der Waals surface area contributed by atoms with Crippen LogP contribution in [0.5, 0.6) is 0 Å². The van der Waals surface area contributed by atoms with Gasteiger partial charge in [0, 0.05) is 13.1 Å². The Morgan fingerprint density at radius 2 is 1.70 bits per heavy atom. The smallest absolute Gasteiger partial charge is 0.312 e. The number of amides is 2. The quantitative estimate of drug-likeness (QED) is 0.623. The first kappa shape index (κ1) is 16.1. The first-order chi connectivity index (χ1) is 9.60. The Balaban J connectivity index is 2.62. The number of hydrogen-bond donors (Lipinski definition) is 3. The van der Waals surface area contributed by atoms with Crippen LogP contribution in [0.25, 0.3) is 0 Å². The third kappa shape index (κ3) is 4.64. The molecule has 1 aromatic carbocycles. The molecule has 0 heterocycles. The number of rotatable bonds is 6. The molecule has 0 aliphatic heterocycles. The normalized spacial score (nSPS) is 11.8. The average molecular weight is 280 g/mol. The molecule has 0 aromatic heterocycles. The van der Waals surface area contributed by atoms with Gasteiger partial charge in [0.15, 0.2) is 0 Å². The lowest BCUT2D eigenvalue weighted by Gasteiger charge is -2.21. The highest BCUT2D eigenvalue weighted by Gasteiger charge is 2.22. The molecule has 0 aliphatic carbocycles. The Morgan fingerprint density at radius 1 is 1.15 bits per heavy atom. The number of carbonyl (C=O) groups excluding carboxylic acids is 2. The molecule has 6 nitrogen and oxygen atoms in total. The number of benzene rings is 1. The second-order valence-corrected chi connectivity index (χ2v) is 4.35. The second-order valence-electron chi connectivity index (χ2n) is 4.35. The van der Waals surface area contributed by atoms with Crippen molar-refractivity contribution in [1.82, 2.24) is 10.2 Å². The van der Waals surface area contributed by atoms with Gasteiger partial charge in [-0.2, -0.15) is 0 Å². The topological polar surface area (TPSA) is 89.9 Å². The van der Waals surface area contributed by atoms with E-state index in [0.29, 0.717) is 0 Å². The Kier molecular flexibility index (Phi) is 6.69. The van der Waals surface area contributed by atoms with Crippen LogP contribution >= 0.6 is 0 Å². The molecule has 2 amide bonds. The summed E-state index contributed by atoms with van der Waals surface area (Å²) >= 11 is 0. The zero-order chi connectivity index (χ0) is 15.0. The molecule has 0 fully saturated rings. The second kappa shape index (κ2) is 8.29. The summed E-state index contributed by atoms with van der Waals surface area (Å²) < 4.78 is 0. The molecule has 0 saturated heterocycles. The van der Waals surface area contributed by atoms with Crippen molar-refractivity contribution in [3.05, 3.63) is 35.9 Å². The zero-order valence-electron chi connectivity index (χ0n) is 11.5. The van der Waals surface area contributed by atoms with Gasteiger partial charge < -0.3 is 20.4 Å². The molecule has 0 saturated carbocycles. The van der Waals surface area contributed by atoms with Crippen LogP contribution in [0.4, 0.5) is 0 Å². The van der Waals surface area contributed by atoms with Gasteiger partial charge in [-0.1, -0.05) is 30.3 Å². The van der Waals surface area contributed by atoms with Crippen molar-refractivity contribution in [2.45, 2.75) is 13.0 Å². The number of nitrogens with one attached hydrogen (secondary N) is 1. The molecule has 1 aromatic rings. The maximum absolute atomic E-state index is 11.9. The van der Waals surface area contributed by atoms with E-state index in [0.717, 1.165) is 10.5 Å². The standard InChI is InChI=1S/C14H20N2O4/c1-11(12-5-3-2-4-6-12)15-13(19)14(20)16(7-9-17)8-10-18/h2-6,11,17-18H,7-10H2,1H3,(H,15,19). The van der Waals surface area contributed by atoms with Gasteiger partial charge in [0.2, 0.25) is 0 Å². The van der Waals surface area contributed by atoms with E-state index in [1.807, 2.05) is 30.3 Å². The number of nitrogens with zero attached hydrogens (tertiary/aromatic N) is 1. The van der Waals surface area contributed by atoms with Crippen molar-refractivity contribution in [1.29, 1.82) is 0 Å². The number of carbonyl (C=O) groups is 2. The van der Waals surface area contributed by atoms with Crippen molar-refractivity contribution in [3.63, 3.8) is 0 Å². The molecule has 1 unspecified atom stereocenters. The van der Waals surface area contributed by atoms with E-state index < -0.39 is 11.8 Å². The van der Waals surface area contributed by atoms with Crippen LogP contribution in [-0.2, 0) is 9.59 Å². The number of aliphatic hydroxyl groups excluding tert-OH is 2. The summed E-state index contributed by atoms with van der Waals surface area (Å²) in [6.45, 7) is 1.31. The van der Waals surface area contributed by atoms with Crippen LogP contribution in [0.1, 0.15) is 18.5 Å². The van der Waals surface area contributed by atoms with Gasteiger partial charge in [-0.15, -0.1) is 0 Å². The molecule has 0 spiro atoms. The minimum absolute atomic E-state index is 0.0204. The lowest BCUT2D eigenvalue weighted by atomic mass is 10.1. The number of aliphatic hydroxyl groups is 2. The van der Waals surface area contributed by atoms with E-state index in [9.17, 15) is 9.59 Å². The fourth-order valence-corrected chi connectivity index (χ4v) is 1.78. The highest BCUT2D eigenvalue weighted by atomic mass is 16.3. The van der Waals surface area contributed by atoms with Crippen LogP contribution in [0.3, 0.4) is 0 Å². The molecule has 0 radical (unpaired) electrons. The van der Waals surface area contributed by atoms with Gasteiger partial charge in [0.05, 0.1) is 19.3 Å². The maximum atomic E-state index is 11.9. The van der Waals surface area contributed by atoms with E-state index in [-0.39, 0.29) is 32.3 Å². The fraction of sp³-hybridized carbons (Fsp3) is 0.429. The van der Waals surface area contributed by atoms with E-state index in [1.54, 1.807) is 6.92 Å². The van der Waals surface area contributed by atoms with Crippen molar-refractivity contribution in [2.24, 2.45) is 0 Å². The summed E-state index contributed by atoms with van der Waals surface area (Å²) in [4.78, 5) is 24.9.